The molecule has 4 N–H and O–H groups in total. The maximum Gasteiger partial charge on any atom is 0.315 e. The van der Waals surface area contributed by atoms with E-state index in [1.54, 1.807) is 6.20 Å². The predicted octanol–water partition coefficient (Wildman–Crippen LogP) is 5.35. The third-order valence-electron chi connectivity index (χ3n) is 8.03. The van der Waals surface area contributed by atoms with E-state index in [1.165, 1.54) is 11.2 Å². The number of aromatic nitrogens is 2. The highest BCUT2D eigenvalue weighted by Gasteiger charge is 2.29. The number of carbonyl (C=O) groups excluding carboxylic acids is 3. The Morgan fingerprint density at radius 1 is 0.796 bits per heavy atom. The van der Waals surface area contributed by atoms with Gasteiger partial charge in [0.25, 0.3) is 0 Å². The van der Waals surface area contributed by atoms with Crippen molar-refractivity contribution in [3.05, 3.63) is 156 Å². The molecule has 0 aliphatic carbocycles. The van der Waals surface area contributed by atoms with Crippen LogP contribution >= 0.6 is 0 Å². The van der Waals surface area contributed by atoms with Gasteiger partial charge in [0.05, 0.1) is 18.6 Å². The first kappa shape index (κ1) is 34.4. The third kappa shape index (κ3) is 11.1. The average molecular weight is 659 g/mol. The predicted molar refractivity (Wildman–Crippen MR) is 188 cm³/mol. The maximum atomic E-state index is 14.2. The van der Waals surface area contributed by atoms with Gasteiger partial charge in [0.15, 0.2) is 0 Å². The van der Waals surface area contributed by atoms with E-state index in [1.807, 2.05) is 122 Å². The third-order valence-corrected chi connectivity index (χ3v) is 8.03. The van der Waals surface area contributed by atoms with E-state index in [2.05, 4.69) is 25.9 Å². The molecule has 252 valence electrons. The summed E-state index contributed by atoms with van der Waals surface area (Å²) in [6, 6.07) is 35.3. The van der Waals surface area contributed by atoms with Crippen LogP contribution in [0.25, 0.3) is 0 Å². The second-order valence-electron chi connectivity index (χ2n) is 11.9. The van der Waals surface area contributed by atoms with Gasteiger partial charge in [0, 0.05) is 32.3 Å². The number of hydrogen-bond donors (Lipinski definition) is 4. The summed E-state index contributed by atoms with van der Waals surface area (Å²) >= 11 is 0. The minimum Gasteiger partial charge on any atom is -0.489 e. The lowest BCUT2D eigenvalue weighted by Gasteiger charge is -2.28. The zero-order valence-electron chi connectivity index (χ0n) is 27.5. The van der Waals surface area contributed by atoms with Crippen LogP contribution in [0.4, 0.5) is 4.79 Å². The van der Waals surface area contributed by atoms with Crippen molar-refractivity contribution in [3.63, 3.8) is 0 Å². The van der Waals surface area contributed by atoms with Crippen molar-refractivity contribution in [1.29, 1.82) is 0 Å². The summed E-state index contributed by atoms with van der Waals surface area (Å²) in [5, 5.41) is 8.65. The fourth-order valence-electron chi connectivity index (χ4n) is 5.28. The summed E-state index contributed by atoms with van der Waals surface area (Å²) in [4.78, 5) is 49.3. The van der Waals surface area contributed by atoms with Gasteiger partial charge < -0.3 is 30.6 Å². The lowest BCUT2D eigenvalue weighted by Crippen LogP contribution is -2.53. The van der Waals surface area contributed by atoms with E-state index in [-0.39, 0.29) is 31.3 Å². The van der Waals surface area contributed by atoms with Crippen LogP contribution in [0.2, 0.25) is 0 Å². The molecule has 0 radical (unpaired) electrons. The van der Waals surface area contributed by atoms with Gasteiger partial charge in [-0.2, -0.15) is 0 Å². The second-order valence-corrected chi connectivity index (χ2v) is 11.9. The van der Waals surface area contributed by atoms with Crippen LogP contribution in [0.1, 0.15) is 40.8 Å². The molecule has 49 heavy (non-hydrogen) atoms. The summed E-state index contributed by atoms with van der Waals surface area (Å²) in [7, 11) is 0. The van der Waals surface area contributed by atoms with Crippen LogP contribution in [-0.2, 0) is 35.7 Å². The molecule has 10 heteroatoms. The highest BCUT2D eigenvalue weighted by atomic mass is 16.5. The van der Waals surface area contributed by atoms with E-state index >= 15 is 0 Å². The van der Waals surface area contributed by atoms with Gasteiger partial charge in [-0.25, -0.2) is 9.78 Å². The highest BCUT2D eigenvalue weighted by Crippen LogP contribution is 2.17. The number of urea groups is 1. The van der Waals surface area contributed by atoms with E-state index in [0.29, 0.717) is 31.1 Å². The molecule has 0 bridgehead atoms. The van der Waals surface area contributed by atoms with Gasteiger partial charge in [-0.3, -0.25) is 9.59 Å². The summed E-state index contributed by atoms with van der Waals surface area (Å²) in [6.45, 7) is 3.12. The number of nitrogens with one attached hydrogen (secondary N) is 4. The normalized spacial score (nSPS) is 11.9. The minimum atomic E-state index is -0.983. The Kier molecular flexibility index (Phi) is 12.6. The molecule has 5 aromatic rings. The molecule has 0 aliphatic rings. The Morgan fingerprint density at radius 2 is 1.45 bits per heavy atom. The van der Waals surface area contributed by atoms with Crippen LogP contribution < -0.4 is 20.7 Å². The Bertz CT molecular complexity index is 1730. The highest BCUT2D eigenvalue weighted by molar-refractivity contribution is 5.90. The van der Waals surface area contributed by atoms with E-state index < -0.39 is 18.0 Å². The topological polar surface area (TPSA) is 128 Å². The number of ether oxygens (including phenoxy) is 1. The fourth-order valence-corrected chi connectivity index (χ4v) is 5.28. The zero-order chi connectivity index (χ0) is 34.3. The molecular weight excluding hydrogens is 616 g/mol. The Balaban J connectivity index is 1.29. The molecule has 1 heterocycles. The van der Waals surface area contributed by atoms with Crippen LogP contribution in [-0.4, -0.2) is 51.8 Å². The first-order chi connectivity index (χ1) is 23.9. The van der Waals surface area contributed by atoms with Crippen LogP contribution in [0.15, 0.2) is 128 Å². The van der Waals surface area contributed by atoms with E-state index in [4.69, 9.17) is 4.74 Å². The van der Waals surface area contributed by atoms with Crippen molar-refractivity contribution in [1.82, 2.24) is 30.8 Å². The van der Waals surface area contributed by atoms with Gasteiger partial charge in [0.1, 0.15) is 18.4 Å². The first-order valence-electron chi connectivity index (χ1n) is 16.3. The SMILES string of the molecule is CC(CNC(=O)CN(Cc1ccc(OCc2ccccc2)cc1)C(=O)[C@H](Cc1c[nH]cn1)NC(=O)NCc1ccccc1)c1ccccc1. The number of imidazole rings is 1. The molecule has 4 aromatic carbocycles. The fraction of sp³-hybridized carbons (Fsp3) is 0.231. The lowest BCUT2D eigenvalue weighted by molar-refractivity contribution is -0.138. The summed E-state index contributed by atoms with van der Waals surface area (Å²) in [5.74, 6) is 0.0610. The van der Waals surface area contributed by atoms with Crippen molar-refractivity contribution in [3.8, 4) is 5.75 Å². The first-order valence-corrected chi connectivity index (χ1v) is 16.3. The van der Waals surface area contributed by atoms with Crippen LogP contribution in [0.3, 0.4) is 0 Å². The number of amides is 4. The van der Waals surface area contributed by atoms with Crippen molar-refractivity contribution in [2.75, 3.05) is 13.1 Å². The smallest absolute Gasteiger partial charge is 0.315 e. The monoisotopic (exact) mass is 658 g/mol. The molecule has 2 atom stereocenters. The maximum absolute atomic E-state index is 14.2. The summed E-state index contributed by atoms with van der Waals surface area (Å²) in [6.07, 6.45) is 3.34. The minimum absolute atomic E-state index is 0.0834. The van der Waals surface area contributed by atoms with Crippen molar-refractivity contribution >= 4 is 17.8 Å². The molecule has 1 aromatic heterocycles. The largest absolute Gasteiger partial charge is 0.489 e. The van der Waals surface area contributed by atoms with Crippen LogP contribution in [0.5, 0.6) is 5.75 Å². The number of nitrogens with zero attached hydrogens (tertiary/aromatic N) is 2. The van der Waals surface area contributed by atoms with Crippen molar-refractivity contribution in [2.45, 2.75) is 45.0 Å². The van der Waals surface area contributed by atoms with Gasteiger partial charge in [0.2, 0.25) is 11.8 Å². The number of H-pyrrole nitrogens is 1. The molecule has 10 nitrogen and oxygen atoms in total. The molecular formula is C39H42N6O4. The Labute approximate surface area is 286 Å². The summed E-state index contributed by atoms with van der Waals surface area (Å²) < 4.78 is 5.94. The quantitative estimate of drug-likeness (QED) is 0.114. The molecule has 0 aliphatic heterocycles. The lowest BCUT2D eigenvalue weighted by atomic mass is 10.0. The summed E-state index contributed by atoms with van der Waals surface area (Å²) in [5.41, 5.74) is 4.49. The van der Waals surface area contributed by atoms with Crippen molar-refractivity contribution in [2.24, 2.45) is 0 Å². The molecule has 1 unspecified atom stereocenters. The van der Waals surface area contributed by atoms with E-state index in [0.717, 1.165) is 22.3 Å². The molecule has 0 saturated heterocycles. The number of benzene rings is 4. The Morgan fingerprint density at radius 3 is 2.10 bits per heavy atom. The van der Waals surface area contributed by atoms with Gasteiger partial charge in [-0.05, 0) is 40.3 Å². The van der Waals surface area contributed by atoms with E-state index in [9.17, 15) is 14.4 Å². The number of hydrogen-bond acceptors (Lipinski definition) is 5. The molecule has 0 fully saturated rings. The Hall–Kier alpha value is -5.90. The number of aromatic amines is 1. The number of carbonyl (C=O) groups is 3. The molecule has 4 amide bonds. The van der Waals surface area contributed by atoms with Gasteiger partial charge in [-0.1, -0.05) is 110 Å². The standard InChI is InChI=1S/C39H42N6O4/c1-29(33-15-9-4-10-16-33)22-41-37(46)26-45(25-31-17-19-35(20-18-31)49-27-32-13-7-3-8-14-32)38(47)36(21-34-24-40-28-43-34)44-39(48)42-23-30-11-5-2-6-12-30/h2-20,24,28-29,36H,21-23,25-27H2,1H3,(H,40,43)(H,41,46)(H2,42,44,48)/t29?,36-/m0/s1. The van der Waals surface area contributed by atoms with Gasteiger partial charge >= 0.3 is 6.03 Å². The van der Waals surface area contributed by atoms with Gasteiger partial charge in [-0.15, -0.1) is 0 Å². The molecule has 0 spiro atoms. The van der Waals surface area contributed by atoms with Crippen LogP contribution in [0, 0.1) is 0 Å². The van der Waals surface area contributed by atoms with Crippen molar-refractivity contribution < 1.29 is 19.1 Å². The second kappa shape index (κ2) is 17.9. The number of rotatable bonds is 16. The molecule has 0 saturated carbocycles. The molecule has 5 rings (SSSR count). The zero-order valence-corrected chi connectivity index (χ0v) is 27.5. The average Bonchev–Trinajstić information content (AvgIpc) is 3.66.